The Balaban J connectivity index is 0.000000138. The quantitative estimate of drug-likeness (QED) is 0.653. The van der Waals surface area contributed by atoms with Gasteiger partial charge < -0.3 is 9.47 Å². The second-order valence-corrected chi connectivity index (χ2v) is 5.40. The molecule has 0 bridgehead atoms. The molecule has 18 heavy (non-hydrogen) atoms. The lowest BCUT2D eigenvalue weighted by molar-refractivity contribution is 0.0639. The van der Waals surface area contributed by atoms with Crippen LogP contribution in [0.2, 0.25) is 0 Å². The summed E-state index contributed by atoms with van der Waals surface area (Å²) in [5.74, 6) is 0. The summed E-state index contributed by atoms with van der Waals surface area (Å²) >= 11 is 0. The van der Waals surface area contributed by atoms with E-state index in [4.69, 9.17) is 16.0 Å². The van der Waals surface area contributed by atoms with Crippen LogP contribution in [-0.2, 0) is 9.47 Å². The van der Waals surface area contributed by atoms with Crippen molar-refractivity contribution in [2.45, 2.75) is 57.8 Å². The Morgan fingerprint density at radius 3 is 2.17 bits per heavy atom. The summed E-state index contributed by atoms with van der Waals surface area (Å²) in [5, 5.41) is 0. The van der Waals surface area contributed by atoms with Gasteiger partial charge in [-0.25, -0.2) is 6.57 Å². The van der Waals surface area contributed by atoms with E-state index >= 15 is 0 Å². The molecule has 3 nitrogen and oxygen atoms in total. The molecule has 98 valence electrons. The summed E-state index contributed by atoms with van der Waals surface area (Å²) in [5.41, 5.74) is 0.546. The Morgan fingerprint density at radius 1 is 1.11 bits per heavy atom. The minimum Gasteiger partial charge on any atom is -0.498 e. The van der Waals surface area contributed by atoms with Gasteiger partial charge in [-0.1, -0.05) is 6.92 Å². The summed E-state index contributed by atoms with van der Waals surface area (Å²) in [6.45, 7) is 8.89. The third-order valence-corrected chi connectivity index (χ3v) is 3.81. The highest BCUT2D eigenvalue weighted by Gasteiger charge is 2.45. The van der Waals surface area contributed by atoms with Crippen LogP contribution in [0, 0.1) is 12.0 Å². The van der Waals surface area contributed by atoms with Crippen LogP contribution in [0.3, 0.4) is 0 Å². The second-order valence-electron chi connectivity index (χ2n) is 5.40. The monoisotopic (exact) mass is 247 g/mol. The molecule has 0 aromatic rings. The molecular weight excluding hydrogens is 226 g/mol. The molecular formula is C15H21NO2. The summed E-state index contributed by atoms with van der Waals surface area (Å²) in [6.07, 6.45) is 14.8. The van der Waals surface area contributed by atoms with E-state index in [1.54, 1.807) is 6.26 Å². The molecule has 2 aliphatic heterocycles. The number of nitrogens with zero attached hydrogens (tertiary/aromatic N) is 1. The van der Waals surface area contributed by atoms with Gasteiger partial charge in [0.1, 0.15) is 6.10 Å². The van der Waals surface area contributed by atoms with Crippen molar-refractivity contribution in [3.63, 3.8) is 0 Å². The fourth-order valence-electron chi connectivity index (χ4n) is 2.18. The van der Waals surface area contributed by atoms with Gasteiger partial charge in [0.15, 0.2) is 0 Å². The van der Waals surface area contributed by atoms with Gasteiger partial charge in [0.2, 0.25) is 0 Å². The average Bonchev–Trinajstić information content (AvgIpc) is 3.21. The Morgan fingerprint density at radius 2 is 1.78 bits per heavy atom. The number of rotatable bonds is 1. The highest BCUT2D eigenvalue weighted by atomic mass is 16.5. The molecule has 0 radical (unpaired) electrons. The molecule has 3 rings (SSSR count). The van der Waals surface area contributed by atoms with E-state index in [1.165, 1.54) is 25.7 Å². The van der Waals surface area contributed by atoms with Gasteiger partial charge in [0, 0.05) is 5.41 Å². The normalized spacial score (nSPS) is 31.1. The van der Waals surface area contributed by atoms with Crippen LogP contribution in [0.25, 0.3) is 4.85 Å². The van der Waals surface area contributed by atoms with Gasteiger partial charge in [0.25, 0.3) is 0 Å². The Bertz CT molecular complexity index is 363. The van der Waals surface area contributed by atoms with Gasteiger partial charge in [-0.15, -0.1) is 0 Å². The molecule has 3 heteroatoms. The van der Waals surface area contributed by atoms with Gasteiger partial charge in [-0.05, 0) is 44.3 Å². The van der Waals surface area contributed by atoms with Crippen molar-refractivity contribution >= 4 is 0 Å². The van der Waals surface area contributed by atoms with Crippen LogP contribution in [0.15, 0.2) is 24.7 Å². The predicted octanol–water partition coefficient (Wildman–Crippen LogP) is 4.04. The maximum Gasteiger partial charge on any atom is 0.366 e. The summed E-state index contributed by atoms with van der Waals surface area (Å²) < 4.78 is 10.4. The Labute approximate surface area is 109 Å². The summed E-state index contributed by atoms with van der Waals surface area (Å²) in [4.78, 5) is 3.22. The van der Waals surface area contributed by atoms with E-state index in [2.05, 4.69) is 17.8 Å². The molecule has 1 fully saturated rings. The van der Waals surface area contributed by atoms with Gasteiger partial charge >= 0.3 is 6.23 Å². The van der Waals surface area contributed by atoms with Crippen LogP contribution in [0.5, 0.6) is 0 Å². The summed E-state index contributed by atoms with van der Waals surface area (Å²) in [6, 6.07) is 0. The molecule has 0 N–H and O–H groups in total. The molecule has 0 saturated heterocycles. The zero-order chi connectivity index (χ0) is 12.8. The molecule has 1 aliphatic carbocycles. The standard InChI is InChI=1S/C9H14O.C6H7NO/c1-9(5-6-9)8-4-2-3-7-10-8;1-7-6-4-2-3-5-8-6/h3,7-8H,2,4-6H2,1H3;3,5-6H,2,4H2/t8-;6-/m00/s1. The first-order valence-corrected chi connectivity index (χ1v) is 6.72. The van der Waals surface area contributed by atoms with E-state index in [9.17, 15) is 0 Å². The smallest absolute Gasteiger partial charge is 0.366 e. The van der Waals surface area contributed by atoms with E-state index in [-0.39, 0.29) is 6.23 Å². The first-order chi connectivity index (χ1) is 8.74. The SMILES string of the molecule is CC1([C@@H]2CCC=CO2)CC1.[C-]#[N+][C@@H]1CCC=CO1. The molecule has 0 spiro atoms. The number of allylic oxidation sites excluding steroid dienone is 2. The first kappa shape index (κ1) is 13.0. The zero-order valence-electron chi connectivity index (χ0n) is 11.0. The third-order valence-electron chi connectivity index (χ3n) is 3.81. The van der Waals surface area contributed by atoms with Crippen molar-refractivity contribution in [1.29, 1.82) is 0 Å². The average molecular weight is 247 g/mol. The maximum atomic E-state index is 6.56. The predicted molar refractivity (Wildman–Crippen MR) is 70.4 cm³/mol. The Hall–Kier alpha value is -1.43. The van der Waals surface area contributed by atoms with E-state index < -0.39 is 0 Å². The van der Waals surface area contributed by atoms with Gasteiger partial charge in [0.05, 0.1) is 18.9 Å². The van der Waals surface area contributed by atoms with Crippen molar-refractivity contribution in [2.24, 2.45) is 5.41 Å². The first-order valence-electron chi connectivity index (χ1n) is 6.72. The third kappa shape index (κ3) is 3.53. The molecule has 2 atom stereocenters. The van der Waals surface area contributed by atoms with E-state index in [0.29, 0.717) is 11.5 Å². The van der Waals surface area contributed by atoms with Crippen molar-refractivity contribution in [3.05, 3.63) is 36.1 Å². The van der Waals surface area contributed by atoms with Crippen molar-refractivity contribution < 1.29 is 9.47 Å². The van der Waals surface area contributed by atoms with Crippen molar-refractivity contribution in [2.75, 3.05) is 0 Å². The highest BCUT2D eigenvalue weighted by molar-refractivity contribution is 4.99. The van der Waals surface area contributed by atoms with Crippen molar-refractivity contribution in [1.82, 2.24) is 0 Å². The minimum absolute atomic E-state index is 0.208. The number of ether oxygens (including phenoxy) is 2. The topological polar surface area (TPSA) is 22.8 Å². The lowest BCUT2D eigenvalue weighted by atomic mass is 9.96. The van der Waals surface area contributed by atoms with Crippen LogP contribution < -0.4 is 0 Å². The van der Waals surface area contributed by atoms with Gasteiger partial charge in [-0.2, -0.15) is 0 Å². The molecule has 0 unspecified atom stereocenters. The van der Waals surface area contributed by atoms with Gasteiger partial charge in [-0.3, -0.25) is 4.85 Å². The molecule has 0 aromatic carbocycles. The van der Waals surface area contributed by atoms with E-state index in [1.807, 2.05) is 12.3 Å². The van der Waals surface area contributed by atoms with Crippen molar-refractivity contribution in [3.8, 4) is 0 Å². The second kappa shape index (κ2) is 5.95. The summed E-state index contributed by atoms with van der Waals surface area (Å²) in [7, 11) is 0. The maximum absolute atomic E-state index is 6.56. The minimum atomic E-state index is -0.208. The largest absolute Gasteiger partial charge is 0.498 e. The highest BCUT2D eigenvalue weighted by Crippen LogP contribution is 2.51. The lowest BCUT2D eigenvalue weighted by Gasteiger charge is -2.24. The Kier molecular flexibility index (Phi) is 4.30. The fourth-order valence-corrected chi connectivity index (χ4v) is 2.18. The molecule has 3 aliphatic rings. The molecule has 2 heterocycles. The van der Waals surface area contributed by atoms with Crippen LogP contribution >= 0.6 is 0 Å². The zero-order valence-corrected chi connectivity index (χ0v) is 11.0. The molecule has 0 aromatic heterocycles. The van der Waals surface area contributed by atoms with E-state index in [0.717, 1.165) is 12.8 Å². The van der Waals surface area contributed by atoms with Crippen LogP contribution in [0.4, 0.5) is 0 Å². The fraction of sp³-hybridized carbons (Fsp3) is 0.667. The number of hydrogen-bond donors (Lipinski definition) is 0. The molecule has 0 amide bonds. The van der Waals surface area contributed by atoms with Crippen LogP contribution in [0.1, 0.15) is 45.4 Å². The lowest BCUT2D eigenvalue weighted by Crippen LogP contribution is -2.22. The molecule has 1 saturated carbocycles. The number of hydrogen-bond acceptors (Lipinski definition) is 2. The van der Waals surface area contributed by atoms with Crippen LogP contribution in [-0.4, -0.2) is 12.3 Å².